The van der Waals surface area contributed by atoms with Crippen molar-refractivity contribution < 1.29 is 28.1 Å². The number of carbonyl (C=O) groups is 1. The molecule has 134 valence electrons. The van der Waals surface area contributed by atoms with Crippen LogP contribution < -0.4 is 14.2 Å². The van der Waals surface area contributed by atoms with Crippen molar-refractivity contribution in [2.24, 2.45) is 0 Å². The average Bonchev–Trinajstić information content (AvgIpc) is 3.02. The van der Waals surface area contributed by atoms with E-state index in [2.05, 4.69) is 0 Å². The van der Waals surface area contributed by atoms with Crippen LogP contribution in [0.15, 0.2) is 48.0 Å². The summed E-state index contributed by atoms with van der Waals surface area (Å²) in [5, 5.41) is 0. The van der Waals surface area contributed by atoms with Crippen molar-refractivity contribution >= 4 is 17.8 Å². The Morgan fingerprint density at radius 3 is 2.12 bits per heavy atom. The van der Waals surface area contributed by atoms with E-state index in [-0.39, 0.29) is 5.82 Å². The Morgan fingerprint density at radius 2 is 1.58 bits per heavy atom. The van der Waals surface area contributed by atoms with Crippen LogP contribution in [0.3, 0.4) is 0 Å². The van der Waals surface area contributed by atoms with E-state index in [9.17, 15) is 9.18 Å². The van der Waals surface area contributed by atoms with Gasteiger partial charge in [-0.2, -0.15) is 0 Å². The van der Waals surface area contributed by atoms with Crippen LogP contribution in [0, 0.1) is 5.82 Å². The Balaban J connectivity index is 1.99. The van der Waals surface area contributed by atoms with Gasteiger partial charge in [-0.1, -0.05) is 12.1 Å². The minimum absolute atomic E-state index is 0.338. The average molecular weight is 356 g/mol. The van der Waals surface area contributed by atoms with E-state index in [0.717, 1.165) is 0 Å². The molecule has 3 rings (SSSR count). The summed E-state index contributed by atoms with van der Waals surface area (Å²) in [7, 11) is 4.53. The summed E-state index contributed by atoms with van der Waals surface area (Å²) in [4.78, 5) is 12.2. The first kappa shape index (κ1) is 17.5. The Hall–Kier alpha value is -3.28. The minimum Gasteiger partial charge on any atom is -0.493 e. The highest BCUT2D eigenvalue weighted by Crippen LogP contribution is 2.41. The maximum absolute atomic E-state index is 13.0. The molecule has 5 nitrogen and oxygen atoms in total. The molecule has 0 saturated heterocycles. The first-order valence-electron chi connectivity index (χ1n) is 7.77. The molecule has 0 spiro atoms. The Kier molecular flexibility index (Phi) is 4.93. The largest absolute Gasteiger partial charge is 0.493 e. The summed E-state index contributed by atoms with van der Waals surface area (Å²) in [5.41, 5.74) is 1.66. The van der Waals surface area contributed by atoms with Crippen LogP contribution in [0.1, 0.15) is 11.1 Å². The molecule has 1 aliphatic heterocycles. The first-order chi connectivity index (χ1) is 12.5. The van der Waals surface area contributed by atoms with Gasteiger partial charge >= 0.3 is 5.97 Å². The number of carbonyl (C=O) groups excluding carboxylic acids is 1. The number of cyclic esters (lactones) is 1. The first-order valence-corrected chi connectivity index (χ1v) is 7.77. The van der Waals surface area contributed by atoms with E-state index in [1.807, 2.05) is 0 Å². The predicted molar refractivity (Wildman–Crippen MR) is 94.5 cm³/mol. The molecule has 2 aromatic rings. The van der Waals surface area contributed by atoms with Crippen LogP contribution in [0.5, 0.6) is 17.2 Å². The van der Waals surface area contributed by atoms with E-state index >= 15 is 0 Å². The van der Waals surface area contributed by atoms with Crippen LogP contribution in [0.4, 0.5) is 4.39 Å². The monoisotopic (exact) mass is 356 g/mol. The summed E-state index contributed by atoms with van der Waals surface area (Å²) in [6.07, 6.45) is 3.25. The van der Waals surface area contributed by atoms with Crippen molar-refractivity contribution in [3.8, 4) is 17.2 Å². The van der Waals surface area contributed by atoms with Gasteiger partial charge in [-0.05, 0) is 42.0 Å². The number of esters is 1. The van der Waals surface area contributed by atoms with E-state index in [0.29, 0.717) is 39.7 Å². The van der Waals surface area contributed by atoms with Gasteiger partial charge in [0.25, 0.3) is 0 Å². The molecule has 1 heterocycles. The number of benzene rings is 2. The molecule has 0 fully saturated rings. The maximum Gasteiger partial charge on any atom is 0.343 e. The fraction of sp³-hybridized carbons (Fsp3) is 0.150. The zero-order chi connectivity index (χ0) is 18.7. The van der Waals surface area contributed by atoms with Gasteiger partial charge in [0.2, 0.25) is 5.75 Å². The molecule has 1 aliphatic rings. The van der Waals surface area contributed by atoms with Crippen molar-refractivity contribution in [3.63, 3.8) is 0 Å². The van der Waals surface area contributed by atoms with Crippen LogP contribution in [-0.2, 0) is 9.53 Å². The van der Waals surface area contributed by atoms with Gasteiger partial charge in [0.1, 0.15) is 11.6 Å². The summed E-state index contributed by atoms with van der Waals surface area (Å²) in [6, 6.07) is 9.22. The molecule has 0 unspecified atom stereocenters. The maximum atomic E-state index is 13.0. The molecule has 0 aliphatic carbocycles. The van der Waals surface area contributed by atoms with E-state index in [1.165, 1.54) is 33.5 Å². The number of rotatable bonds is 5. The summed E-state index contributed by atoms with van der Waals surface area (Å²) in [6.45, 7) is 0. The number of halogens is 1. The fourth-order valence-corrected chi connectivity index (χ4v) is 2.59. The summed E-state index contributed by atoms with van der Waals surface area (Å²) in [5.74, 6) is 0.894. The Labute approximate surface area is 150 Å². The molecule has 0 atom stereocenters. The van der Waals surface area contributed by atoms with Crippen molar-refractivity contribution in [2.75, 3.05) is 21.3 Å². The van der Waals surface area contributed by atoms with Gasteiger partial charge in [0.15, 0.2) is 11.5 Å². The van der Waals surface area contributed by atoms with Gasteiger partial charge in [-0.25, -0.2) is 9.18 Å². The van der Waals surface area contributed by atoms with Gasteiger partial charge in [-0.3, -0.25) is 0 Å². The standard InChI is InChI=1S/C20H17FO5/c1-23-17-9-13(10-18(24-2)19(17)25-3)16-11-14(20(22)26-16)8-12-4-6-15(21)7-5-12/h4-11H,1-3H3/b14-8+. The molecule has 2 aromatic carbocycles. The van der Waals surface area contributed by atoms with Crippen LogP contribution in [0.25, 0.3) is 11.8 Å². The van der Waals surface area contributed by atoms with Gasteiger partial charge < -0.3 is 18.9 Å². The number of hydrogen-bond donors (Lipinski definition) is 0. The third kappa shape index (κ3) is 3.39. The summed E-state index contributed by atoms with van der Waals surface area (Å²) < 4.78 is 34.3. The van der Waals surface area contributed by atoms with Crippen molar-refractivity contribution in [1.29, 1.82) is 0 Å². The molecule has 0 amide bonds. The molecule has 0 radical (unpaired) electrons. The zero-order valence-corrected chi connectivity index (χ0v) is 14.5. The molecule has 0 N–H and O–H groups in total. The predicted octanol–water partition coefficient (Wildman–Crippen LogP) is 3.83. The Morgan fingerprint density at radius 1 is 0.962 bits per heavy atom. The summed E-state index contributed by atoms with van der Waals surface area (Å²) >= 11 is 0. The van der Waals surface area contributed by atoms with Gasteiger partial charge in [-0.15, -0.1) is 0 Å². The quantitative estimate of drug-likeness (QED) is 0.602. The third-order valence-corrected chi connectivity index (χ3v) is 3.87. The van der Waals surface area contributed by atoms with E-state index in [1.54, 1.807) is 36.4 Å². The van der Waals surface area contributed by atoms with Crippen LogP contribution in [0.2, 0.25) is 0 Å². The fourth-order valence-electron chi connectivity index (χ4n) is 2.59. The highest BCUT2D eigenvalue weighted by Gasteiger charge is 2.24. The number of ether oxygens (including phenoxy) is 4. The number of hydrogen-bond acceptors (Lipinski definition) is 5. The van der Waals surface area contributed by atoms with Crippen molar-refractivity contribution in [3.05, 3.63) is 65.0 Å². The number of methoxy groups -OCH3 is 3. The molecular formula is C20H17FO5. The molecule has 0 bridgehead atoms. The van der Waals surface area contributed by atoms with Crippen molar-refractivity contribution in [2.45, 2.75) is 0 Å². The minimum atomic E-state index is -0.488. The lowest BCUT2D eigenvalue weighted by molar-refractivity contribution is -0.130. The highest BCUT2D eigenvalue weighted by molar-refractivity contribution is 6.05. The smallest absolute Gasteiger partial charge is 0.343 e. The zero-order valence-electron chi connectivity index (χ0n) is 14.5. The molecule has 0 aromatic heterocycles. The topological polar surface area (TPSA) is 54.0 Å². The second kappa shape index (κ2) is 7.31. The SMILES string of the molecule is COc1cc(C2=C/C(=C\c3ccc(F)cc3)C(=O)O2)cc(OC)c1OC. The van der Waals surface area contributed by atoms with Crippen molar-refractivity contribution in [1.82, 2.24) is 0 Å². The van der Waals surface area contributed by atoms with Crippen LogP contribution >= 0.6 is 0 Å². The third-order valence-electron chi connectivity index (χ3n) is 3.87. The molecule has 26 heavy (non-hydrogen) atoms. The molecular weight excluding hydrogens is 339 g/mol. The lowest BCUT2D eigenvalue weighted by Gasteiger charge is -2.14. The van der Waals surface area contributed by atoms with Crippen LogP contribution in [-0.4, -0.2) is 27.3 Å². The molecule has 6 heteroatoms. The lowest BCUT2D eigenvalue weighted by atomic mass is 10.1. The van der Waals surface area contributed by atoms with Gasteiger partial charge in [0, 0.05) is 5.56 Å². The van der Waals surface area contributed by atoms with E-state index < -0.39 is 5.97 Å². The highest BCUT2D eigenvalue weighted by atomic mass is 19.1. The normalized spacial score (nSPS) is 14.8. The van der Waals surface area contributed by atoms with Gasteiger partial charge in [0.05, 0.1) is 26.9 Å². The van der Waals surface area contributed by atoms with E-state index in [4.69, 9.17) is 18.9 Å². The lowest BCUT2D eigenvalue weighted by Crippen LogP contribution is -1.99. The second-order valence-corrected chi connectivity index (χ2v) is 5.46. The Bertz CT molecular complexity index is 872. The second-order valence-electron chi connectivity index (χ2n) is 5.46. The molecule has 0 saturated carbocycles.